The number of carbonyl (C=O) groups excluding carboxylic acids is 1. The lowest BCUT2D eigenvalue weighted by Crippen LogP contribution is -2.13. The number of methoxy groups -OCH3 is 1. The van der Waals surface area contributed by atoms with Crippen molar-refractivity contribution < 1.29 is 13.9 Å². The minimum absolute atomic E-state index is 0.150. The van der Waals surface area contributed by atoms with Gasteiger partial charge in [0.1, 0.15) is 11.6 Å². The van der Waals surface area contributed by atoms with Gasteiger partial charge >= 0.3 is 5.91 Å². The molecule has 2 aromatic rings. The van der Waals surface area contributed by atoms with Gasteiger partial charge in [-0.05, 0) is 54.1 Å². The number of nitrogens with one attached hydrogen (secondary N) is 1. The molecule has 2 rings (SSSR count). The van der Waals surface area contributed by atoms with Gasteiger partial charge in [-0.15, -0.1) is 0 Å². The number of amides is 1. The first-order valence-corrected chi connectivity index (χ1v) is 6.91. The number of ether oxygens (including phenoxy) is 1. The number of aliphatic imine (C=N–C) groups is 1. The normalized spacial score (nSPS) is 11.5. The van der Waals surface area contributed by atoms with Gasteiger partial charge < -0.3 is 15.9 Å². The fourth-order valence-corrected chi connectivity index (χ4v) is 1.79. The van der Waals surface area contributed by atoms with Crippen molar-refractivity contribution in [3.8, 4) is 5.75 Å². The molecule has 3 N–H and O–H groups in total. The monoisotopic (exact) mass is 326 g/mol. The van der Waals surface area contributed by atoms with Crippen LogP contribution in [0.1, 0.15) is 16.1 Å². The number of pyridine rings is 1. The van der Waals surface area contributed by atoms with Crippen LogP contribution in [-0.4, -0.2) is 29.5 Å². The lowest BCUT2D eigenvalue weighted by molar-refractivity contribution is 0.0994. The highest BCUT2D eigenvalue weighted by molar-refractivity contribution is 6.12. The molecule has 1 aromatic heterocycles. The highest BCUT2D eigenvalue weighted by atomic mass is 19.1. The van der Waals surface area contributed by atoms with Gasteiger partial charge in [-0.25, -0.2) is 9.37 Å². The number of hydrogen-bond acceptors (Lipinski definition) is 4. The lowest BCUT2D eigenvalue weighted by atomic mass is 10.1. The van der Waals surface area contributed by atoms with Gasteiger partial charge in [0.25, 0.3) is 0 Å². The third-order valence-electron chi connectivity index (χ3n) is 3.01. The molecular formula is C17H15FN4O2. The van der Waals surface area contributed by atoms with E-state index in [-0.39, 0.29) is 11.5 Å². The van der Waals surface area contributed by atoms with Gasteiger partial charge in [-0.1, -0.05) is 0 Å². The first kappa shape index (κ1) is 17.0. The standard InChI is InChI=1S/C17H15FN4O2/c1-24-12-6-4-11(5-7-12)14(19)8-9-15(20)22-17(23)16-13(18)3-2-10-21-16/h2-10,19H,1H3,(H2,20,22,23)/b9-8-,19-14?. The zero-order valence-corrected chi connectivity index (χ0v) is 12.9. The number of nitrogens with two attached hydrogens (primary N) is 1. The predicted octanol–water partition coefficient (Wildman–Crippen LogP) is 2.35. The second-order valence-electron chi connectivity index (χ2n) is 4.65. The Balaban J connectivity index is 2.08. The zero-order valence-electron chi connectivity index (χ0n) is 12.9. The summed E-state index contributed by atoms with van der Waals surface area (Å²) in [6.07, 6.45) is 3.98. The van der Waals surface area contributed by atoms with E-state index >= 15 is 0 Å². The fourth-order valence-electron chi connectivity index (χ4n) is 1.79. The molecule has 0 fully saturated rings. The van der Waals surface area contributed by atoms with Crippen LogP contribution in [0.3, 0.4) is 0 Å². The number of benzene rings is 1. The average Bonchev–Trinajstić information content (AvgIpc) is 2.60. The number of aromatic nitrogens is 1. The van der Waals surface area contributed by atoms with Gasteiger partial charge in [0, 0.05) is 6.20 Å². The van der Waals surface area contributed by atoms with E-state index in [0.29, 0.717) is 11.3 Å². The SMILES string of the molecule is COc1ccc(C(=N)/C=C\C(N)=NC(=O)c2ncccc2F)cc1. The summed E-state index contributed by atoms with van der Waals surface area (Å²) in [5.41, 5.74) is 6.02. The smallest absolute Gasteiger partial charge is 0.300 e. The number of halogens is 1. The zero-order chi connectivity index (χ0) is 17.5. The minimum atomic E-state index is -0.883. The number of carbonyl (C=O) groups is 1. The molecule has 1 amide bonds. The average molecular weight is 326 g/mol. The molecule has 6 nitrogen and oxygen atoms in total. The molecular weight excluding hydrogens is 311 g/mol. The Hall–Kier alpha value is -3.35. The summed E-state index contributed by atoms with van der Waals surface area (Å²) in [5.74, 6) is -1.12. The second-order valence-corrected chi connectivity index (χ2v) is 4.65. The van der Waals surface area contributed by atoms with E-state index in [1.807, 2.05) is 0 Å². The Morgan fingerprint density at radius 3 is 2.62 bits per heavy atom. The quantitative estimate of drug-likeness (QED) is 0.650. The fraction of sp³-hybridized carbons (Fsp3) is 0.0588. The Morgan fingerprint density at radius 2 is 2.00 bits per heavy atom. The van der Waals surface area contributed by atoms with E-state index in [2.05, 4.69) is 9.98 Å². The second kappa shape index (κ2) is 7.77. The topological polar surface area (TPSA) is 101 Å². The van der Waals surface area contributed by atoms with Crippen LogP contribution < -0.4 is 10.5 Å². The van der Waals surface area contributed by atoms with Crippen molar-refractivity contribution in [3.63, 3.8) is 0 Å². The Labute approximate surface area is 138 Å². The molecule has 7 heteroatoms. The summed E-state index contributed by atoms with van der Waals surface area (Å²) in [6.45, 7) is 0. The van der Waals surface area contributed by atoms with Crippen molar-refractivity contribution in [1.82, 2.24) is 4.98 Å². The van der Waals surface area contributed by atoms with Crippen LogP contribution in [0.25, 0.3) is 0 Å². The van der Waals surface area contributed by atoms with Crippen molar-refractivity contribution in [2.75, 3.05) is 7.11 Å². The third-order valence-corrected chi connectivity index (χ3v) is 3.01. The molecule has 0 saturated carbocycles. The molecule has 0 aliphatic rings. The van der Waals surface area contributed by atoms with Crippen LogP contribution in [0.2, 0.25) is 0 Å². The lowest BCUT2D eigenvalue weighted by Gasteiger charge is -2.02. The summed E-state index contributed by atoms with van der Waals surface area (Å²) in [4.78, 5) is 19.0. The summed E-state index contributed by atoms with van der Waals surface area (Å²) < 4.78 is 18.5. The molecule has 0 atom stereocenters. The van der Waals surface area contributed by atoms with Crippen LogP contribution in [0.4, 0.5) is 4.39 Å². The van der Waals surface area contributed by atoms with E-state index in [1.165, 1.54) is 24.4 Å². The molecule has 1 heterocycles. The molecule has 24 heavy (non-hydrogen) atoms. The van der Waals surface area contributed by atoms with Crippen molar-refractivity contribution in [2.24, 2.45) is 10.7 Å². The molecule has 0 unspecified atom stereocenters. The summed E-state index contributed by atoms with van der Waals surface area (Å²) >= 11 is 0. The summed E-state index contributed by atoms with van der Waals surface area (Å²) in [6, 6.07) is 9.36. The number of amidine groups is 1. The number of rotatable bonds is 5. The third kappa shape index (κ3) is 4.33. The number of hydrogen-bond donors (Lipinski definition) is 2. The largest absolute Gasteiger partial charge is 0.497 e. The Bertz CT molecular complexity index is 814. The van der Waals surface area contributed by atoms with Gasteiger partial charge in [-0.3, -0.25) is 4.79 Å². The van der Waals surface area contributed by atoms with Crippen LogP contribution in [0, 0.1) is 11.2 Å². The Morgan fingerprint density at radius 1 is 1.29 bits per heavy atom. The van der Waals surface area contributed by atoms with E-state index in [0.717, 1.165) is 6.07 Å². The Kier molecular flexibility index (Phi) is 5.51. The van der Waals surface area contributed by atoms with Crippen LogP contribution in [-0.2, 0) is 0 Å². The van der Waals surface area contributed by atoms with Gasteiger partial charge in [0.2, 0.25) is 0 Å². The highest BCUT2D eigenvalue weighted by Crippen LogP contribution is 2.12. The van der Waals surface area contributed by atoms with Gasteiger partial charge in [0.15, 0.2) is 11.5 Å². The van der Waals surface area contributed by atoms with Gasteiger partial charge in [0.05, 0.1) is 12.8 Å². The number of nitrogens with zero attached hydrogens (tertiary/aromatic N) is 2. The maximum absolute atomic E-state index is 13.4. The molecule has 0 radical (unpaired) electrons. The van der Waals surface area contributed by atoms with E-state index in [9.17, 15) is 9.18 Å². The van der Waals surface area contributed by atoms with E-state index in [4.69, 9.17) is 15.9 Å². The van der Waals surface area contributed by atoms with E-state index < -0.39 is 17.4 Å². The summed E-state index contributed by atoms with van der Waals surface area (Å²) in [7, 11) is 1.55. The molecule has 0 bridgehead atoms. The minimum Gasteiger partial charge on any atom is -0.497 e. The molecule has 0 spiro atoms. The first-order chi connectivity index (χ1) is 11.5. The predicted molar refractivity (Wildman–Crippen MR) is 89.1 cm³/mol. The molecule has 1 aromatic carbocycles. The van der Waals surface area contributed by atoms with Crippen molar-refractivity contribution >= 4 is 17.5 Å². The number of allylic oxidation sites excluding steroid dienone is 1. The van der Waals surface area contributed by atoms with E-state index in [1.54, 1.807) is 31.4 Å². The maximum Gasteiger partial charge on any atom is 0.300 e. The molecule has 0 aliphatic carbocycles. The van der Waals surface area contributed by atoms with Crippen LogP contribution in [0.15, 0.2) is 59.7 Å². The van der Waals surface area contributed by atoms with Crippen LogP contribution in [0.5, 0.6) is 5.75 Å². The molecule has 0 aliphatic heterocycles. The van der Waals surface area contributed by atoms with Crippen molar-refractivity contribution in [3.05, 3.63) is 71.8 Å². The summed E-state index contributed by atoms with van der Waals surface area (Å²) in [5, 5.41) is 7.94. The molecule has 122 valence electrons. The maximum atomic E-state index is 13.4. The van der Waals surface area contributed by atoms with Crippen LogP contribution >= 0.6 is 0 Å². The highest BCUT2D eigenvalue weighted by Gasteiger charge is 2.11. The molecule has 0 saturated heterocycles. The van der Waals surface area contributed by atoms with Crippen molar-refractivity contribution in [1.29, 1.82) is 5.41 Å². The van der Waals surface area contributed by atoms with Crippen molar-refractivity contribution in [2.45, 2.75) is 0 Å². The first-order valence-electron chi connectivity index (χ1n) is 6.91. The van der Waals surface area contributed by atoms with Gasteiger partial charge in [-0.2, -0.15) is 4.99 Å².